The Morgan fingerprint density at radius 2 is 1.39 bits per heavy atom. The summed E-state index contributed by atoms with van der Waals surface area (Å²) in [4.78, 5) is 0. The zero-order chi connectivity index (χ0) is 16.9. The molecular formula is C16H13Br2F3N2. The first kappa shape index (κ1) is 18.1. The Hall–Kier alpha value is -1.21. The molecule has 7 heteroatoms. The van der Waals surface area contributed by atoms with Crippen molar-refractivity contribution >= 4 is 37.5 Å². The molecule has 0 fully saturated rings. The van der Waals surface area contributed by atoms with E-state index in [1.54, 1.807) is 48.5 Å². The molecule has 2 aromatic carbocycles. The number of halogens is 5. The van der Waals surface area contributed by atoms with Gasteiger partial charge in [0, 0.05) is 8.95 Å². The summed E-state index contributed by atoms with van der Waals surface area (Å²) in [5.41, 5.74) is 1.31. The molecule has 0 bridgehead atoms. The minimum atomic E-state index is -4.28. The van der Waals surface area contributed by atoms with Crippen LogP contribution in [0.4, 0.5) is 18.9 Å². The summed E-state index contributed by atoms with van der Waals surface area (Å²) < 4.78 is 40.0. The van der Waals surface area contributed by atoms with E-state index in [1.165, 1.54) is 0 Å². The van der Waals surface area contributed by atoms with Crippen LogP contribution in [0, 0.1) is 0 Å². The molecule has 0 aromatic heterocycles. The van der Waals surface area contributed by atoms with Crippen molar-refractivity contribution < 1.29 is 13.2 Å². The van der Waals surface area contributed by atoms with Gasteiger partial charge >= 0.3 is 6.18 Å². The third-order valence-electron chi connectivity index (χ3n) is 3.01. The molecule has 0 amide bonds. The smallest absolute Gasteiger partial charge is 0.185 e. The highest BCUT2D eigenvalue weighted by Gasteiger charge is 2.32. The van der Waals surface area contributed by atoms with Gasteiger partial charge in [-0.15, -0.1) is 0 Å². The van der Waals surface area contributed by atoms with E-state index in [0.29, 0.717) is 5.69 Å². The van der Waals surface area contributed by atoms with Crippen molar-refractivity contribution in [3.63, 3.8) is 0 Å². The number of benzene rings is 2. The number of alkyl halides is 3. The van der Waals surface area contributed by atoms with Crippen molar-refractivity contribution in [1.29, 1.82) is 0 Å². The average Bonchev–Trinajstić information content (AvgIpc) is 2.47. The molecule has 0 aliphatic rings. The second-order valence-corrected chi connectivity index (χ2v) is 6.83. The molecule has 2 rings (SSSR count). The SMILES string of the molecule is FC(F)(F)CC(Cc1ccc(Br)cc1)N=Nc1ccc(Br)cc1. The van der Waals surface area contributed by atoms with Gasteiger partial charge in [0.1, 0.15) is 0 Å². The first-order chi connectivity index (χ1) is 10.8. The molecule has 0 N–H and O–H groups in total. The minimum Gasteiger partial charge on any atom is -0.185 e. The Balaban J connectivity index is 2.13. The van der Waals surface area contributed by atoms with Crippen LogP contribution in [0.2, 0.25) is 0 Å². The van der Waals surface area contributed by atoms with Gasteiger partial charge in [-0.2, -0.15) is 23.4 Å². The third-order valence-corrected chi connectivity index (χ3v) is 4.07. The van der Waals surface area contributed by atoms with Crippen LogP contribution < -0.4 is 0 Å². The maximum absolute atomic E-state index is 12.7. The average molecular weight is 450 g/mol. The molecule has 0 heterocycles. The van der Waals surface area contributed by atoms with Gasteiger partial charge in [-0.1, -0.05) is 44.0 Å². The second kappa shape index (κ2) is 8.06. The van der Waals surface area contributed by atoms with Crippen LogP contribution in [-0.4, -0.2) is 12.2 Å². The van der Waals surface area contributed by atoms with Crippen LogP contribution in [0.25, 0.3) is 0 Å². The van der Waals surface area contributed by atoms with Crippen molar-refractivity contribution in [3.8, 4) is 0 Å². The Kier molecular flexibility index (Phi) is 6.35. The van der Waals surface area contributed by atoms with Crippen molar-refractivity contribution in [1.82, 2.24) is 0 Å². The van der Waals surface area contributed by atoms with E-state index in [0.717, 1.165) is 14.5 Å². The summed E-state index contributed by atoms with van der Waals surface area (Å²) >= 11 is 6.59. The number of rotatable bonds is 5. The van der Waals surface area contributed by atoms with E-state index in [9.17, 15) is 13.2 Å². The van der Waals surface area contributed by atoms with Gasteiger partial charge in [0.25, 0.3) is 0 Å². The van der Waals surface area contributed by atoms with E-state index >= 15 is 0 Å². The Bertz CT molecular complexity index is 653. The first-order valence-corrected chi connectivity index (χ1v) is 8.38. The maximum atomic E-state index is 12.7. The fraction of sp³-hybridized carbons (Fsp3) is 0.250. The number of nitrogens with zero attached hydrogens (tertiary/aromatic N) is 2. The van der Waals surface area contributed by atoms with E-state index in [2.05, 4.69) is 42.1 Å². The van der Waals surface area contributed by atoms with Crippen molar-refractivity contribution in [2.45, 2.75) is 25.1 Å². The predicted octanol–water partition coefficient (Wildman–Crippen LogP) is 6.86. The third kappa shape index (κ3) is 6.83. The van der Waals surface area contributed by atoms with Gasteiger partial charge in [-0.3, -0.25) is 0 Å². The summed E-state index contributed by atoms with van der Waals surface area (Å²) in [6.07, 6.45) is -5.09. The fourth-order valence-electron chi connectivity index (χ4n) is 1.97. The molecule has 1 unspecified atom stereocenters. The summed E-state index contributed by atoms with van der Waals surface area (Å²) in [6.45, 7) is 0. The monoisotopic (exact) mass is 448 g/mol. The van der Waals surface area contributed by atoms with Crippen molar-refractivity contribution in [2.24, 2.45) is 10.2 Å². The highest BCUT2D eigenvalue weighted by Crippen LogP contribution is 2.26. The number of hydrogen-bond donors (Lipinski definition) is 0. The molecule has 0 saturated heterocycles. The minimum absolute atomic E-state index is 0.187. The van der Waals surface area contributed by atoms with E-state index in [1.807, 2.05) is 0 Å². The summed E-state index contributed by atoms with van der Waals surface area (Å²) in [6, 6.07) is 13.1. The molecule has 2 aromatic rings. The van der Waals surface area contributed by atoms with Crippen LogP contribution in [-0.2, 0) is 6.42 Å². The number of hydrogen-bond acceptors (Lipinski definition) is 2. The lowest BCUT2D eigenvalue weighted by molar-refractivity contribution is -0.138. The van der Waals surface area contributed by atoms with Crippen molar-refractivity contribution in [3.05, 3.63) is 63.0 Å². The lowest BCUT2D eigenvalue weighted by Gasteiger charge is -2.14. The van der Waals surface area contributed by atoms with Gasteiger partial charge in [-0.05, 0) is 48.4 Å². The summed E-state index contributed by atoms with van der Waals surface area (Å²) in [7, 11) is 0. The summed E-state index contributed by atoms with van der Waals surface area (Å²) in [5, 5.41) is 7.85. The Labute approximate surface area is 149 Å². The van der Waals surface area contributed by atoms with Crippen LogP contribution in [0.5, 0.6) is 0 Å². The molecule has 2 nitrogen and oxygen atoms in total. The highest BCUT2D eigenvalue weighted by molar-refractivity contribution is 9.10. The Morgan fingerprint density at radius 1 is 0.870 bits per heavy atom. The first-order valence-electron chi connectivity index (χ1n) is 6.79. The van der Waals surface area contributed by atoms with E-state index < -0.39 is 18.6 Å². The topological polar surface area (TPSA) is 24.7 Å². The maximum Gasteiger partial charge on any atom is 0.391 e. The van der Waals surface area contributed by atoms with E-state index in [-0.39, 0.29) is 6.42 Å². The molecule has 0 spiro atoms. The van der Waals surface area contributed by atoms with Crippen LogP contribution in [0.15, 0.2) is 67.7 Å². The molecule has 122 valence electrons. The highest BCUT2D eigenvalue weighted by atomic mass is 79.9. The fourth-order valence-corrected chi connectivity index (χ4v) is 2.50. The lowest BCUT2D eigenvalue weighted by Crippen LogP contribution is -2.19. The van der Waals surface area contributed by atoms with E-state index in [4.69, 9.17) is 0 Å². The van der Waals surface area contributed by atoms with Gasteiger partial charge < -0.3 is 0 Å². The molecular weight excluding hydrogens is 437 g/mol. The van der Waals surface area contributed by atoms with Crippen LogP contribution >= 0.6 is 31.9 Å². The predicted molar refractivity (Wildman–Crippen MR) is 91.0 cm³/mol. The lowest BCUT2D eigenvalue weighted by atomic mass is 10.0. The van der Waals surface area contributed by atoms with Gasteiger partial charge in [-0.25, -0.2) is 0 Å². The normalized spacial score (nSPS) is 13.4. The van der Waals surface area contributed by atoms with Crippen molar-refractivity contribution in [2.75, 3.05) is 0 Å². The molecule has 1 atom stereocenters. The Morgan fingerprint density at radius 3 is 1.91 bits per heavy atom. The number of azo groups is 1. The zero-order valence-corrected chi connectivity index (χ0v) is 15.1. The largest absolute Gasteiger partial charge is 0.391 e. The molecule has 0 saturated carbocycles. The van der Waals surface area contributed by atoms with Gasteiger partial charge in [0.05, 0.1) is 18.2 Å². The van der Waals surface area contributed by atoms with Gasteiger partial charge in [0.15, 0.2) is 0 Å². The van der Waals surface area contributed by atoms with Crippen LogP contribution in [0.1, 0.15) is 12.0 Å². The standard InChI is InChI=1S/C16H13Br2F3N2/c17-12-3-1-11(2-4-12)9-15(10-16(19,20)21)23-22-14-7-5-13(18)6-8-14/h1-8,15H,9-10H2. The zero-order valence-electron chi connectivity index (χ0n) is 11.9. The molecule has 0 radical (unpaired) electrons. The second-order valence-electron chi connectivity index (χ2n) is 5.00. The quantitative estimate of drug-likeness (QED) is 0.445. The molecule has 23 heavy (non-hydrogen) atoms. The molecule has 0 aliphatic carbocycles. The molecule has 0 aliphatic heterocycles. The summed E-state index contributed by atoms with van der Waals surface area (Å²) in [5.74, 6) is 0. The van der Waals surface area contributed by atoms with Crippen LogP contribution in [0.3, 0.4) is 0 Å². The van der Waals surface area contributed by atoms with Gasteiger partial charge in [0.2, 0.25) is 0 Å².